The molecular formula is C20H18OS2Sn. The molecule has 0 amide bonds. The number of ether oxygens (including phenoxy) is 1. The third kappa shape index (κ3) is 3.53. The second kappa shape index (κ2) is 8.19. The van der Waals surface area contributed by atoms with E-state index in [4.69, 9.17) is 17.0 Å². The molecule has 0 radical (unpaired) electrons. The van der Waals surface area contributed by atoms with Crippen LogP contribution in [0.5, 0.6) is 0 Å². The molecule has 0 unspecified atom stereocenters. The van der Waals surface area contributed by atoms with Crippen LogP contribution >= 0.6 is 21.2 Å². The molecule has 3 aromatic carbocycles. The number of methoxy groups -OCH3 is 1. The molecule has 0 spiro atoms. The Morgan fingerprint density at radius 3 is 1.33 bits per heavy atom. The Balaban J connectivity index is 2.30. The first-order valence-electron chi connectivity index (χ1n) is 7.71. The van der Waals surface area contributed by atoms with Gasteiger partial charge < -0.3 is 0 Å². The van der Waals surface area contributed by atoms with Gasteiger partial charge in [-0.05, 0) is 0 Å². The first-order chi connectivity index (χ1) is 11.8. The van der Waals surface area contributed by atoms with Crippen LogP contribution in [0.1, 0.15) is 0 Å². The van der Waals surface area contributed by atoms with Crippen molar-refractivity contribution in [3.05, 3.63) is 91.0 Å². The summed E-state index contributed by atoms with van der Waals surface area (Å²) in [5, 5.41) is 0. The predicted octanol–water partition coefficient (Wildman–Crippen LogP) is 3.32. The van der Waals surface area contributed by atoms with E-state index in [1.165, 1.54) is 10.7 Å². The normalized spacial score (nSPS) is 11.0. The van der Waals surface area contributed by atoms with Crippen molar-refractivity contribution in [1.82, 2.24) is 0 Å². The summed E-state index contributed by atoms with van der Waals surface area (Å²) >= 11 is 2.16. The van der Waals surface area contributed by atoms with Crippen LogP contribution in [0, 0.1) is 0 Å². The fraction of sp³-hybridized carbons (Fsp3) is 0.0500. The summed E-state index contributed by atoms with van der Waals surface area (Å²) in [6.45, 7) is 0. The number of rotatable bonds is 4. The number of benzene rings is 3. The van der Waals surface area contributed by atoms with Gasteiger partial charge in [-0.1, -0.05) is 0 Å². The van der Waals surface area contributed by atoms with Crippen LogP contribution in [-0.4, -0.2) is 28.5 Å². The topological polar surface area (TPSA) is 9.23 Å². The van der Waals surface area contributed by atoms with Crippen molar-refractivity contribution in [2.75, 3.05) is 7.11 Å². The molecule has 0 N–H and O–H groups in total. The van der Waals surface area contributed by atoms with Crippen LogP contribution < -0.4 is 10.7 Å². The zero-order valence-electron chi connectivity index (χ0n) is 13.4. The Morgan fingerprint density at radius 2 is 1.04 bits per heavy atom. The van der Waals surface area contributed by atoms with E-state index in [1.54, 1.807) is 16.1 Å². The summed E-state index contributed by atoms with van der Waals surface area (Å²) < 4.78 is 10.2. The molecule has 0 saturated heterocycles. The van der Waals surface area contributed by atoms with E-state index in [9.17, 15) is 0 Å². The van der Waals surface area contributed by atoms with Crippen LogP contribution in [0.3, 0.4) is 0 Å². The van der Waals surface area contributed by atoms with E-state index < -0.39 is 17.0 Å². The van der Waals surface area contributed by atoms with Crippen molar-refractivity contribution in [1.29, 1.82) is 0 Å². The van der Waals surface area contributed by atoms with Gasteiger partial charge in [0.15, 0.2) is 0 Å². The van der Waals surface area contributed by atoms with E-state index in [0.717, 1.165) is 0 Å². The van der Waals surface area contributed by atoms with Crippen LogP contribution in [0.2, 0.25) is 0 Å². The molecule has 120 valence electrons. The zero-order chi connectivity index (χ0) is 16.8. The number of hydrogen-bond acceptors (Lipinski definition) is 3. The quantitative estimate of drug-likeness (QED) is 0.440. The van der Waals surface area contributed by atoms with Crippen molar-refractivity contribution in [3.8, 4) is 0 Å². The van der Waals surface area contributed by atoms with Gasteiger partial charge in [0.1, 0.15) is 0 Å². The molecule has 3 rings (SSSR count). The Labute approximate surface area is 155 Å². The molecule has 3 aromatic rings. The molecule has 0 aliphatic heterocycles. The summed E-state index contributed by atoms with van der Waals surface area (Å²) in [5.41, 5.74) is 0. The molecule has 0 bridgehead atoms. The molecule has 0 saturated carbocycles. The summed E-state index contributed by atoms with van der Waals surface area (Å²) in [4.78, 5) is 0. The van der Waals surface area contributed by atoms with E-state index >= 15 is 0 Å². The number of hydrogen-bond donors (Lipinski definition) is 0. The molecule has 0 fully saturated rings. The summed E-state index contributed by atoms with van der Waals surface area (Å²) in [7, 11) is 3.43. The second-order valence-electron chi connectivity index (χ2n) is 5.34. The molecule has 0 aliphatic carbocycles. The first-order valence-corrected chi connectivity index (χ1v) is 16.7. The minimum atomic E-state index is -3.34. The Kier molecular flexibility index (Phi) is 5.98. The van der Waals surface area contributed by atoms with Gasteiger partial charge in [-0.3, -0.25) is 0 Å². The Morgan fingerprint density at radius 1 is 0.708 bits per heavy atom. The standard InChI is InChI=1S/3C6H5.C2H4OS2.Sn/c3*1-2-4-6-5-3-1;1-3-2(4)5;/h3*1-5H;1H3,(H,4,5);/q;;;;+1/p-1. The molecular weight excluding hydrogens is 439 g/mol. The molecule has 0 heterocycles. The van der Waals surface area contributed by atoms with Crippen molar-refractivity contribution in [2.24, 2.45) is 0 Å². The average molecular weight is 457 g/mol. The van der Waals surface area contributed by atoms with Crippen LogP contribution in [0.25, 0.3) is 0 Å². The summed E-state index contributed by atoms with van der Waals surface area (Å²) in [6.07, 6.45) is 0. The van der Waals surface area contributed by atoms with E-state index in [1.807, 2.05) is 0 Å². The molecule has 1 nitrogen and oxygen atoms in total. The van der Waals surface area contributed by atoms with Gasteiger partial charge in [0.25, 0.3) is 0 Å². The molecule has 0 aliphatic rings. The third-order valence-corrected chi connectivity index (χ3v) is 25.0. The van der Waals surface area contributed by atoms with Gasteiger partial charge in [0.2, 0.25) is 0 Å². The summed E-state index contributed by atoms with van der Waals surface area (Å²) in [5.74, 6) is 0. The van der Waals surface area contributed by atoms with Gasteiger partial charge >= 0.3 is 156 Å². The van der Waals surface area contributed by atoms with Gasteiger partial charge in [-0.15, -0.1) is 0 Å². The van der Waals surface area contributed by atoms with E-state index in [0.29, 0.717) is 4.38 Å². The molecule has 4 heteroatoms. The average Bonchev–Trinajstić information content (AvgIpc) is 2.68. The van der Waals surface area contributed by atoms with Crippen LogP contribution in [0.4, 0.5) is 0 Å². The van der Waals surface area contributed by atoms with E-state index in [2.05, 4.69) is 91.0 Å². The van der Waals surface area contributed by atoms with Crippen molar-refractivity contribution >= 4 is 53.3 Å². The SMILES string of the molecule is COC(=S)[S][Sn]([c]1ccccc1)([c]1ccccc1)[c]1ccccc1. The summed E-state index contributed by atoms with van der Waals surface area (Å²) in [6, 6.07) is 32.3. The van der Waals surface area contributed by atoms with Gasteiger partial charge in [-0.25, -0.2) is 0 Å². The second-order valence-corrected chi connectivity index (χ2v) is 21.2. The minimum absolute atomic E-state index is 0.613. The van der Waals surface area contributed by atoms with E-state index in [-0.39, 0.29) is 0 Å². The van der Waals surface area contributed by atoms with Crippen molar-refractivity contribution < 1.29 is 4.74 Å². The fourth-order valence-electron chi connectivity index (χ4n) is 2.86. The third-order valence-electron chi connectivity index (χ3n) is 3.94. The zero-order valence-corrected chi connectivity index (χ0v) is 17.9. The molecule has 24 heavy (non-hydrogen) atoms. The first kappa shape index (κ1) is 17.5. The monoisotopic (exact) mass is 458 g/mol. The van der Waals surface area contributed by atoms with Crippen LogP contribution in [-0.2, 0) is 4.74 Å². The maximum atomic E-state index is 5.50. The molecule has 0 atom stereocenters. The number of thiocarbonyl (C=S) groups is 1. The van der Waals surface area contributed by atoms with Crippen LogP contribution in [0.15, 0.2) is 91.0 Å². The Hall–Kier alpha value is -1.30. The van der Waals surface area contributed by atoms with Gasteiger partial charge in [-0.2, -0.15) is 0 Å². The van der Waals surface area contributed by atoms with Crippen molar-refractivity contribution in [2.45, 2.75) is 0 Å². The van der Waals surface area contributed by atoms with Gasteiger partial charge in [0, 0.05) is 0 Å². The predicted molar refractivity (Wildman–Crippen MR) is 111 cm³/mol. The Bertz CT molecular complexity index is 695. The van der Waals surface area contributed by atoms with Crippen molar-refractivity contribution in [3.63, 3.8) is 0 Å². The maximum absolute atomic E-state index is 5.50. The fourth-order valence-corrected chi connectivity index (χ4v) is 23.2. The molecule has 0 aromatic heterocycles. The van der Waals surface area contributed by atoms with Gasteiger partial charge in [0.05, 0.1) is 0 Å².